The number of esters is 2. The average Bonchev–Trinajstić information content (AvgIpc) is 3.08. The van der Waals surface area contributed by atoms with Crippen molar-refractivity contribution in [2.45, 2.75) is 137 Å². The van der Waals surface area contributed by atoms with Crippen molar-refractivity contribution in [1.29, 1.82) is 0 Å². The Balaban J connectivity index is 0.000000985. The molecule has 0 fully saturated rings. The van der Waals surface area contributed by atoms with Crippen LogP contribution in [-0.2, 0) is 58.8 Å². The van der Waals surface area contributed by atoms with E-state index >= 15 is 0 Å². The number of ether oxygens (including phenoxy) is 4. The van der Waals surface area contributed by atoms with Crippen LogP contribution < -0.4 is 10.6 Å². The van der Waals surface area contributed by atoms with Crippen LogP contribution in [0.25, 0.3) is 0 Å². The molecule has 2 N–H and O–H groups in total. The average molecular weight is 931 g/mol. The lowest BCUT2D eigenvalue weighted by atomic mass is 9.88. The molecule has 15 nitrogen and oxygen atoms in total. The van der Waals surface area contributed by atoms with E-state index < -0.39 is 153 Å². The van der Waals surface area contributed by atoms with Gasteiger partial charge in [-0.3, -0.25) is 13.8 Å². The molecule has 0 spiro atoms. The number of rotatable bonds is 15. The molecule has 2 aromatic rings. The van der Waals surface area contributed by atoms with Gasteiger partial charge in [0.1, 0.15) is 40.4 Å². The monoisotopic (exact) mass is 930 g/mol. The van der Waals surface area contributed by atoms with Crippen molar-refractivity contribution in [2.24, 2.45) is 0 Å². The van der Waals surface area contributed by atoms with Crippen molar-refractivity contribution in [3.63, 3.8) is 0 Å². The molecule has 2 rings (SSSR count). The Bertz CT molecular complexity index is 2040. The van der Waals surface area contributed by atoms with Gasteiger partial charge in [-0.05, 0) is 114 Å². The molecule has 356 valence electrons. The third kappa shape index (κ3) is 23.7. The SMILES string of the molecule is CC(=O)C(CC(NC(=O)OC(C)(C)C)C(=O)OC(C)C)c1c(F)ccc(F)c1F.CC(=O)Cc1c(F)ccc(F)c1F.CC(C)OC(=O)C(COS(C)(=O)=O)NC(=O)OC(C)(C)C. The number of Topliss-reactive ketones (excluding diaryl/α,β-unsaturated/α-hetero) is 2. The van der Waals surface area contributed by atoms with Crippen LogP contribution in [0, 0.1) is 34.9 Å². The molecule has 0 bridgehead atoms. The van der Waals surface area contributed by atoms with Crippen molar-refractivity contribution in [3.8, 4) is 0 Å². The molecule has 3 atom stereocenters. The van der Waals surface area contributed by atoms with Gasteiger partial charge in [0.25, 0.3) is 10.1 Å². The first kappa shape index (κ1) is 57.8. The Kier molecular flexibility index (Phi) is 23.1. The molecule has 0 aliphatic rings. The molecule has 0 heterocycles. The maximum atomic E-state index is 14.2. The van der Waals surface area contributed by atoms with Gasteiger partial charge in [-0.25, -0.2) is 45.5 Å². The number of hydrogen-bond donors (Lipinski definition) is 2. The number of halogens is 6. The number of ketones is 2. The first-order valence-corrected chi connectivity index (χ1v) is 20.9. The van der Waals surface area contributed by atoms with Crippen LogP contribution in [0.15, 0.2) is 24.3 Å². The number of amides is 2. The van der Waals surface area contributed by atoms with E-state index in [1.165, 1.54) is 6.92 Å². The first-order chi connectivity index (χ1) is 28.5. The number of nitrogens with one attached hydrogen (secondary N) is 2. The standard InChI is InChI=1S/C20H26F3NO5.C12H23NO7S.C9H7F3O/c1-10(2)28-18(26)15(24-19(27)29-20(4,5)6)9-12(11(3)25)16-13(21)7-8-14(22)17(16)23;1-8(2)19-10(14)9(7-18-21(6,16)17)13-11(15)20-12(3,4)5;1-5(13)4-6-7(10)2-3-8(11)9(6)12/h7-8,10,12,15H,9H2,1-6H3,(H,24,27);8-9H,7H2,1-6H3,(H,13,15);2-3H,4H2,1H3. The second kappa shape index (κ2) is 25.1. The Morgan fingerprint density at radius 3 is 1.43 bits per heavy atom. The van der Waals surface area contributed by atoms with E-state index in [2.05, 4.69) is 14.8 Å². The summed E-state index contributed by atoms with van der Waals surface area (Å²) < 4.78 is 127. The predicted octanol–water partition coefficient (Wildman–Crippen LogP) is 7.05. The van der Waals surface area contributed by atoms with Crippen LogP contribution in [-0.4, -0.2) is 92.5 Å². The highest BCUT2D eigenvalue weighted by Gasteiger charge is 2.35. The number of carbonyl (C=O) groups is 6. The van der Waals surface area contributed by atoms with E-state index in [1.54, 1.807) is 69.2 Å². The van der Waals surface area contributed by atoms with Gasteiger partial charge >= 0.3 is 24.1 Å². The second-order valence-electron chi connectivity index (χ2n) is 16.2. The molecule has 0 aromatic heterocycles. The largest absolute Gasteiger partial charge is 0.461 e. The highest BCUT2D eigenvalue weighted by atomic mass is 32.2. The van der Waals surface area contributed by atoms with Crippen LogP contribution >= 0.6 is 0 Å². The highest BCUT2D eigenvalue weighted by molar-refractivity contribution is 7.86. The highest BCUT2D eigenvalue weighted by Crippen LogP contribution is 2.30. The molecule has 0 radical (unpaired) electrons. The first-order valence-electron chi connectivity index (χ1n) is 19.0. The number of alkyl carbamates (subject to hydrolysis) is 2. The third-order valence-electron chi connectivity index (χ3n) is 7.06. The zero-order valence-corrected chi connectivity index (χ0v) is 38.1. The Morgan fingerprint density at radius 2 is 1.03 bits per heavy atom. The Hall–Kier alpha value is -5.25. The summed E-state index contributed by atoms with van der Waals surface area (Å²) in [4.78, 5) is 70.6. The molecule has 22 heteroatoms. The second-order valence-corrected chi connectivity index (χ2v) is 17.9. The lowest BCUT2D eigenvalue weighted by molar-refractivity contribution is -0.151. The van der Waals surface area contributed by atoms with Crippen molar-refractivity contribution >= 4 is 45.8 Å². The van der Waals surface area contributed by atoms with Crippen LogP contribution in [0.3, 0.4) is 0 Å². The third-order valence-corrected chi connectivity index (χ3v) is 7.62. The zero-order valence-electron chi connectivity index (χ0n) is 37.3. The summed E-state index contributed by atoms with van der Waals surface area (Å²) in [6.45, 7) is 17.8. The summed E-state index contributed by atoms with van der Waals surface area (Å²) in [5.41, 5.74) is -2.95. The van der Waals surface area contributed by atoms with Gasteiger partial charge in [0, 0.05) is 17.5 Å². The van der Waals surface area contributed by atoms with Crippen molar-refractivity contribution in [3.05, 3.63) is 70.3 Å². The van der Waals surface area contributed by atoms with E-state index in [-0.39, 0.29) is 0 Å². The summed E-state index contributed by atoms with van der Waals surface area (Å²) in [7, 11) is -3.75. The van der Waals surface area contributed by atoms with Crippen molar-refractivity contribution in [1.82, 2.24) is 10.6 Å². The number of carbonyl (C=O) groups excluding carboxylic acids is 6. The predicted molar refractivity (Wildman–Crippen MR) is 215 cm³/mol. The minimum absolute atomic E-state index is 0.414. The molecule has 0 saturated carbocycles. The number of benzene rings is 2. The molecule has 0 aliphatic carbocycles. The lowest BCUT2D eigenvalue weighted by Crippen LogP contribution is -2.47. The fourth-order valence-electron chi connectivity index (χ4n) is 4.67. The van der Waals surface area contributed by atoms with Gasteiger partial charge < -0.3 is 29.6 Å². The minimum atomic E-state index is -3.75. The van der Waals surface area contributed by atoms with Gasteiger partial charge in [-0.2, -0.15) is 8.42 Å². The lowest BCUT2D eigenvalue weighted by Gasteiger charge is -2.26. The van der Waals surface area contributed by atoms with E-state index in [0.717, 1.165) is 19.2 Å². The van der Waals surface area contributed by atoms with Crippen molar-refractivity contribution in [2.75, 3.05) is 12.9 Å². The summed E-state index contributed by atoms with van der Waals surface area (Å²) in [5.74, 6) is -11.7. The summed E-state index contributed by atoms with van der Waals surface area (Å²) >= 11 is 0. The topological polar surface area (TPSA) is 207 Å². The van der Waals surface area contributed by atoms with Crippen LogP contribution in [0.1, 0.15) is 107 Å². The zero-order chi connectivity index (χ0) is 49.4. The fourth-order valence-corrected chi connectivity index (χ4v) is 5.05. The van der Waals surface area contributed by atoms with Crippen LogP contribution in [0.5, 0.6) is 0 Å². The quantitative estimate of drug-likeness (QED) is 0.0604. The number of hydrogen-bond acceptors (Lipinski definition) is 13. The Morgan fingerprint density at radius 1 is 0.635 bits per heavy atom. The van der Waals surface area contributed by atoms with Gasteiger partial charge in [-0.15, -0.1) is 0 Å². The van der Waals surface area contributed by atoms with Gasteiger partial charge in [0.15, 0.2) is 29.3 Å². The van der Waals surface area contributed by atoms with Gasteiger partial charge in [0.05, 0.1) is 31.0 Å². The maximum Gasteiger partial charge on any atom is 0.408 e. The molecule has 2 amide bonds. The summed E-state index contributed by atoms with van der Waals surface area (Å²) in [6, 6.07) is 0.0341. The van der Waals surface area contributed by atoms with E-state index in [9.17, 15) is 63.5 Å². The maximum absolute atomic E-state index is 14.2. The molecule has 63 heavy (non-hydrogen) atoms. The molecule has 2 aromatic carbocycles. The molecule has 0 saturated heterocycles. The summed E-state index contributed by atoms with van der Waals surface area (Å²) in [6.07, 6.45) is -2.95. The molecule has 3 unspecified atom stereocenters. The van der Waals surface area contributed by atoms with E-state index in [4.69, 9.17) is 18.9 Å². The normalized spacial score (nSPS) is 12.9. The fraction of sp³-hybridized carbons (Fsp3) is 0.561. The molecular formula is C41H56F6N2O13S. The van der Waals surface area contributed by atoms with E-state index in [0.29, 0.717) is 18.2 Å². The van der Waals surface area contributed by atoms with Gasteiger partial charge in [0.2, 0.25) is 0 Å². The minimum Gasteiger partial charge on any atom is -0.461 e. The van der Waals surface area contributed by atoms with Crippen LogP contribution in [0.4, 0.5) is 35.9 Å². The van der Waals surface area contributed by atoms with Crippen molar-refractivity contribution < 1.29 is 86.7 Å². The van der Waals surface area contributed by atoms with E-state index in [1.807, 2.05) is 0 Å². The molecule has 0 aliphatic heterocycles. The smallest absolute Gasteiger partial charge is 0.408 e. The molecular weight excluding hydrogens is 875 g/mol. The van der Waals surface area contributed by atoms with Gasteiger partial charge in [-0.1, -0.05) is 0 Å². The Labute approximate surface area is 363 Å². The summed E-state index contributed by atoms with van der Waals surface area (Å²) in [5, 5.41) is 4.49. The van der Waals surface area contributed by atoms with Crippen LogP contribution in [0.2, 0.25) is 0 Å².